The molecule has 0 bridgehead atoms. The normalized spacial score (nSPS) is 16.3. The van der Waals surface area contributed by atoms with Gasteiger partial charge in [0.15, 0.2) is 0 Å². The van der Waals surface area contributed by atoms with Crippen molar-refractivity contribution in [2.45, 2.75) is 25.5 Å². The van der Waals surface area contributed by atoms with Crippen LogP contribution in [0.15, 0.2) is 36.7 Å². The van der Waals surface area contributed by atoms with Crippen LogP contribution in [0.2, 0.25) is 0 Å². The van der Waals surface area contributed by atoms with E-state index in [9.17, 15) is 13.6 Å². The Morgan fingerprint density at radius 1 is 1.21 bits per heavy atom. The van der Waals surface area contributed by atoms with Crippen molar-refractivity contribution in [2.24, 2.45) is 0 Å². The number of imidazole rings is 1. The number of hydrogen-bond donors (Lipinski definition) is 1. The molecule has 1 N–H and O–H groups in total. The van der Waals surface area contributed by atoms with E-state index in [1.807, 2.05) is 22.7 Å². The third kappa shape index (κ3) is 4.43. The molecule has 2 aliphatic rings. The summed E-state index contributed by atoms with van der Waals surface area (Å²) in [4.78, 5) is 19.5. The number of morpholine rings is 1. The molecule has 1 aliphatic heterocycles. The highest BCUT2D eigenvalue weighted by molar-refractivity contribution is 6.01. The number of ether oxygens (including phenoxy) is 3. The fourth-order valence-electron chi connectivity index (χ4n) is 4.00. The van der Waals surface area contributed by atoms with Crippen LogP contribution in [-0.4, -0.2) is 61.4 Å². The van der Waals surface area contributed by atoms with Crippen LogP contribution in [0.1, 0.15) is 23.2 Å². The van der Waals surface area contributed by atoms with Crippen molar-refractivity contribution in [3.05, 3.63) is 42.2 Å². The van der Waals surface area contributed by atoms with Crippen LogP contribution in [0.4, 0.5) is 14.5 Å². The summed E-state index contributed by atoms with van der Waals surface area (Å²) in [5.74, 6) is -0.580. The number of halogens is 2. The number of nitrogens with one attached hydrogen (secondary N) is 1. The summed E-state index contributed by atoms with van der Waals surface area (Å²) in [6.07, 6.45) is 5.27. The molecule has 1 saturated carbocycles. The molecule has 8 nitrogen and oxygen atoms in total. The van der Waals surface area contributed by atoms with E-state index >= 15 is 0 Å². The molecule has 2 fully saturated rings. The maximum absolute atomic E-state index is 13.2. The first-order valence-electron chi connectivity index (χ1n) is 10.8. The highest BCUT2D eigenvalue weighted by Gasteiger charge is 2.29. The molecule has 0 unspecified atom stereocenters. The summed E-state index contributed by atoms with van der Waals surface area (Å²) >= 11 is 0. The number of aromatic nitrogens is 2. The number of carbonyl (C=O) groups excluding carboxylic acids is 1. The number of alkyl halides is 2. The summed E-state index contributed by atoms with van der Waals surface area (Å²) in [5.41, 5.74) is 2.90. The minimum atomic E-state index is -3.09. The van der Waals surface area contributed by atoms with Crippen LogP contribution in [-0.2, 0) is 4.74 Å². The lowest BCUT2D eigenvalue weighted by molar-refractivity contribution is -0.0502. The van der Waals surface area contributed by atoms with Crippen LogP contribution in [0, 0.1) is 0 Å². The van der Waals surface area contributed by atoms with E-state index in [0.717, 1.165) is 31.6 Å². The van der Waals surface area contributed by atoms with Gasteiger partial charge in [-0.15, -0.1) is 0 Å². The van der Waals surface area contributed by atoms with Gasteiger partial charge in [0.05, 0.1) is 32.2 Å². The van der Waals surface area contributed by atoms with Crippen molar-refractivity contribution in [2.75, 3.05) is 38.3 Å². The average molecular weight is 458 g/mol. The minimum Gasteiger partial charge on any atom is -0.496 e. The maximum Gasteiger partial charge on any atom is 0.387 e. The zero-order valence-electron chi connectivity index (χ0n) is 18.1. The van der Waals surface area contributed by atoms with Crippen LogP contribution in [0.5, 0.6) is 11.5 Å². The van der Waals surface area contributed by atoms with Crippen LogP contribution in [0.3, 0.4) is 0 Å². The fourth-order valence-corrected chi connectivity index (χ4v) is 4.00. The third-order valence-electron chi connectivity index (χ3n) is 5.81. The van der Waals surface area contributed by atoms with Gasteiger partial charge < -0.3 is 24.4 Å². The number of amides is 1. The van der Waals surface area contributed by atoms with E-state index in [0.29, 0.717) is 30.1 Å². The lowest BCUT2D eigenvalue weighted by atomic mass is 10.1. The van der Waals surface area contributed by atoms with Crippen LogP contribution in [0.25, 0.3) is 16.9 Å². The molecule has 174 valence electrons. The molecular weight excluding hydrogens is 434 g/mol. The zero-order chi connectivity index (χ0) is 22.9. The second-order valence-corrected chi connectivity index (χ2v) is 8.03. The van der Waals surface area contributed by atoms with Gasteiger partial charge in [0.2, 0.25) is 0 Å². The molecule has 3 aromatic rings. The zero-order valence-corrected chi connectivity index (χ0v) is 18.1. The van der Waals surface area contributed by atoms with E-state index in [1.165, 1.54) is 13.2 Å². The molecule has 33 heavy (non-hydrogen) atoms. The van der Waals surface area contributed by atoms with E-state index in [4.69, 9.17) is 14.2 Å². The first-order valence-corrected chi connectivity index (χ1v) is 10.8. The molecule has 1 aromatic carbocycles. The highest BCUT2D eigenvalue weighted by atomic mass is 19.3. The molecule has 3 heterocycles. The molecular formula is C23H24F2N4O4. The Balaban J connectivity index is 1.54. The Morgan fingerprint density at radius 3 is 2.67 bits per heavy atom. The Labute approximate surface area is 189 Å². The number of fused-ring (bicyclic) bond motifs is 1. The van der Waals surface area contributed by atoms with Gasteiger partial charge in [-0.1, -0.05) is 0 Å². The second-order valence-electron chi connectivity index (χ2n) is 8.03. The van der Waals surface area contributed by atoms with Crippen molar-refractivity contribution in [3.8, 4) is 22.8 Å². The van der Waals surface area contributed by atoms with Gasteiger partial charge in [0, 0.05) is 42.6 Å². The number of methoxy groups -OCH3 is 1. The lowest BCUT2D eigenvalue weighted by Gasteiger charge is -2.28. The average Bonchev–Trinajstić information content (AvgIpc) is 3.53. The molecule has 5 rings (SSSR count). The maximum atomic E-state index is 13.2. The van der Waals surface area contributed by atoms with Gasteiger partial charge in [-0.05, 0) is 31.0 Å². The standard InChI is InChI=1S/C23H24F2N4O4/c1-31-18-10-14(11-19(33-23(24)25)21(18)22(30)27-15-2-3-15)17-13-26-20-12-16(4-5-29(17)20)28-6-8-32-9-7-28/h4-5,10-13,15,23H,2-3,6-9H2,1H3,(H,27,30). The van der Waals surface area contributed by atoms with Crippen LogP contribution < -0.4 is 19.7 Å². The summed E-state index contributed by atoms with van der Waals surface area (Å²) in [5, 5.41) is 2.80. The Morgan fingerprint density at radius 2 is 1.97 bits per heavy atom. The lowest BCUT2D eigenvalue weighted by Crippen LogP contribution is -2.36. The van der Waals surface area contributed by atoms with E-state index in [2.05, 4.69) is 15.2 Å². The van der Waals surface area contributed by atoms with Crippen molar-refractivity contribution >= 4 is 17.2 Å². The molecule has 1 aliphatic carbocycles. The molecule has 10 heteroatoms. The predicted octanol–water partition coefficient (Wildman–Crippen LogP) is 3.34. The largest absolute Gasteiger partial charge is 0.496 e. The number of anilines is 1. The number of pyridine rings is 1. The molecule has 1 amide bonds. The molecule has 0 spiro atoms. The Kier molecular flexibility index (Phi) is 5.76. The second kappa shape index (κ2) is 8.86. The molecule has 1 saturated heterocycles. The quantitative estimate of drug-likeness (QED) is 0.585. The topological polar surface area (TPSA) is 77.3 Å². The Bertz CT molecular complexity index is 1170. The number of carbonyl (C=O) groups is 1. The molecule has 2 aromatic heterocycles. The van der Waals surface area contributed by atoms with Crippen molar-refractivity contribution in [1.29, 1.82) is 0 Å². The van der Waals surface area contributed by atoms with Crippen molar-refractivity contribution in [1.82, 2.24) is 14.7 Å². The van der Waals surface area contributed by atoms with Gasteiger partial charge in [-0.3, -0.25) is 9.20 Å². The van der Waals surface area contributed by atoms with E-state index < -0.39 is 12.5 Å². The van der Waals surface area contributed by atoms with Crippen LogP contribution >= 0.6 is 0 Å². The van der Waals surface area contributed by atoms with Gasteiger partial charge >= 0.3 is 6.61 Å². The van der Waals surface area contributed by atoms with Gasteiger partial charge in [0.1, 0.15) is 22.7 Å². The van der Waals surface area contributed by atoms with Gasteiger partial charge in [0.25, 0.3) is 5.91 Å². The third-order valence-corrected chi connectivity index (χ3v) is 5.81. The fraction of sp³-hybridized carbons (Fsp3) is 0.391. The number of nitrogens with zero attached hydrogens (tertiary/aromatic N) is 3. The predicted molar refractivity (Wildman–Crippen MR) is 117 cm³/mol. The van der Waals surface area contributed by atoms with E-state index in [-0.39, 0.29) is 23.1 Å². The van der Waals surface area contributed by atoms with Gasteiger partial charge in [-0.2, -0.15) is 8.78 Å². The number of benzene rings is 1. The number of rotatable bonds is 7. The number of hydrogen-bond acceptors (Lipinski definition) is 6. The van der Waals surface area contributed by atoms with E-state index in [1.54, 1.807) is 12.3 Å². The molecule has 0 atom stereocenters. The first-order chi connectivity index (χ1) is 16.0. The highest BCUT2D eigenvalue weighted by Crippen LogP contribution is 2.37. The summed E-state index contributed by atoms with van der Waals surface area (Å²) < 4.78 is 43.8. The summed E-state index contributed by atoms with van der Waals surface area (Å²) in [6, 6.07) is 7.07. The van der Waals surface area contributed by atoms with Crippen molar-refractivity contribution in [3.63, 3.8) is 0 Å². The smallest absolute Gasteiger partial charge is 0.387 e. The van der Waals surface area contributed by atoms with Gasteiger partial charge in [-0.25, -0.2) is 4.98 Å². The summed E-state index contributed by atoms with van der Waals surface area (Å²) in [7, 11) is 1.39. The molecule has 0 radical (unpaired) electrons. The monoisotopic (exact) mass is 458 g/mol. The summed E-state index contributed by atoms with van der Waals surface area (Å²) in [6.45, 7) is -0.119. The first kappa shape index (κ1) is 21.4. The Hall–Kier alpha value is -3.40. The SMILES string of the molecule is COc1cc(-c2cnc3cc(N4CCOCC4)ccn23)cc(OC(F)F)c1C(=O)NC1CC1. The van der Waals surface area contributed by atoms with Crippen molar-refractivity contribution < 1.29 is 27.8 Å². The minimum absolute atomic E-state index is 0.0446.